The maximum absolute atomic E-state index is 12.2. The van der Waals surface area contributed by atoms with Crippen LogP contribution in [0.15, 0.2) is 16.5 Å². The first-order valence-electron chi connectivity index (χ1n) is 6.74. The molecule has 0 spiro atoms. The van der Waals surface area contributed by atoms with E-state index in [0.717, 1.165) is 6.42 Å². The maximum Gasteiger partial charge on any atom is 0.433 e. The lowest BCUT2D eigenvalue weighted by molar-refractivity contribution is -0.402. The van der Waals surface area contributed by atoms with Crippen molar-refractivity contribution in [3.8, 4) is 6.07 Å². The van der Waals surface area contributed by atoms with Crippen molar-refractivity contribution in [2.45, 2.75) is 19.4 Å². The van der Waals surface area contributed by atoms with Gasteiger partial charge in [0.05, 0.1) is 18.2 Å². The van der Waals surface area contributed by atoms with E-state index in [-0.39, 0.29) is 17.7 Å². The molecule has 0 aromatic carbocycles. The number of rotatable bonds is 4. The minimum atomic E-state index is -0.673. The normalized spacial score (nSPS) is 17.2. The number of nitrogens with zero attached hydrogens (tertiary/aromatic N) is 4. The van der Waals surface area contributed by atoms with Crippen LogP contribution in [0, 0.1) is 21.4 Å². The summed E-state index contributed by atoms with van der Waals surface area (Å²) in [6, 6.07) is 4.60. The molecule has 1 aliphatic rings. The Balaban J connectivity index is 1.97. The SMILES string of the molecule is CCC(C#N)N1CCN(C(=O)c2ccc([N+](=O)[O-])o2)CC1. The van der Waals surface area contributed by atoms with E-state index in [1.54, 1.807) is 4.90 Å². The van der Waals surface area contributed by atoms with Gasteiger partial charge in [-0.2, -0.15) is 5.26 Å². The zero-order valence-corrected chi connectivity index (χ0v) is 11.7. The van der Waals surface area contributed by atoms with Crippen molar-refractivity contribution in [3.63, 3.8) is 0 Å². The molecule has 0 radical (unpaired) electrons. The Morgan fingerprint density at radius 3 is 2.62 bits per heavy atom. The molecule has 2 heterocycles. The fourth-order valence-corrected chi connectivity index (χ4v) is 2.36. The highest BCUT2D eigenvalue weighted by Crippen LogP contribution is 2.18. The molecule has 1 aliphatic heterocycles. The van der Waals surface area contributed by atoms with Crippen LogP contribution in [-0.2, 0) is 0 Å². The van der Waals surface area contributed by atoms with Crippen molar-refractivity contribution < 1.29 is 14.1 Å². The molecule has 1 unspecified atom stereocenters. The molecule has 1 amide bonds. The van der Waals surface area contributed by atoms with Crippen molar-refractivity contribution in [2.75, 3.05) is 26.2 Å². The van der Waals surface area contributed by atoms with E-state index in [0.29, 0.717) is 26.2 Å². The molecule has 1 aromatic rings. The average Bonchev–Trinajstić information content (AvgIpc) is 2.98. The molecule has 0 saturated carbocycles. The van der Waals surface area contributed by atoms with E-state index in [4.69, 9.17) is 9.68 Å². The predicted molar refractivity (Wildman–Crippen MR) is 72.5 cm³/mol. The minimum Gasteiger partial charge on any atom is -0.395 e. The molecule has 112 valence electrons. The van der Waals surface area contributed by atoms with Gasteiger partial charge in [-0.15, -0.1) is 0 Å². The second kappa shape index (κ2) is 6.37. The van der Waals surface area contributed by atoms with Gasteiger partial charge in [0, 0.05) is 26.2 Å². The Morgan fingerprint density at radius 2 is 2.14 bits per heavy atom. The number of carbonyl (C=O) groups is 1. The van der Waals surface area contributed by atoms with Gasteiger partial charge < -0.3 is 9.32 Å². The molecule has 21 heavy (non-hydrogen) atoms. The summed E-state index contributed by atoms with van der Waals surface area (Å²) in [5, 5.41) is 19.6. The topological polar surface area (TPSA) is 104 Å². The van der Waals surface area contributed by atoms with E-state index >= 15 is 0 Å². The van der Waals surface area contributed by atoms with E-state index in [9.17, 15) is 14.9 Å². The van der Waals surface area contributed by atoms with Crippen LogP contribution in [0.1, 0.15) is 23.9 Å². The van der Waals surface area contributed by atoms with Gasteiger partial charge in [-0.1, -0.05) is 6.92 Å². The average molecular weight is 292 g/mol. The Morgan fingerprint density at radius 1 is 1.48 bits per heavy atom. The molecule has 8 nitrogen and oxygen atoms in total. The highest BCUT2D eigenvalue weighted by molar-refractivity contribution is 5.91. The van der Waals surface area contributed by atoms with E-state index < -0.39 is 10.8 Å². The Hall–Kier alpha value is -2.40. The molecule has 1 aromatic heterocycles. The monoisotopic (exact) mass is 292 g/mol. The highest BCUT2D eigenvalue weighted by Gasteiger charge is 2.28. The van der Waals surface area contributed by atoms with Crippen LogP contribution in [-0.4, -0.2) is 52.9 Å². The van der Waals surface area contributed by atoms with Crippen LogP contribution in [0.3, 0.4) is 0 Å². The van der Waals surface area contributed by atoms with Gasteiger partial charge in [-0.25, -0.2) is 0 Å². The number of nitriles is 1. The number of piperazine rings is 1. The molecule has 0 N–H and O–H groups in total. The van der Waals surface area contributed by atoms with Crippen molar-refractivity contribution in [3.05, 3.63) is 28.0 Å². The van der Waals surface area contributed by atoms with Crippen LogP contribution in [0.2, 0.25) is 0 Å². The van der Waals surface area contributed by atoms with Gasteiger partial charge in [0.2, 0.25) is 0 Å². The van der Waals surface area contributed by atoms with Gasteiger partial charge in [0.25, 0.3) is 5.91 Å². The summed E-state index contributed by atoms with van der Waals surface area (Å²) in [4.78, 5) is 25.7. The first kappa shape index (κ1) is 15.0. The van der Waals surface area contributed by atoms with Crippen LogP contribution >= 0.6 is 0 Å². The third-order valence-corrected chi connectivity index (χ3v) is 3.56. The summed E-state index contributed by atoms with van der Waals surface area (Å²) in [6.45, 7) is 4.13. The number of hydrogen-bond donors (Lipinski definition) is 0. The molecule has 1 fully saturated rings. The molecule has 0 aliphatic carbocycles. The van der Waals surface area contributed by atoms with Crippen LogP contribution in [0.25, 0.3) is 0 Å². The van der Waals surface area contributed by atoms with Gasteiger partial charge in [-0.3, -0.25) is 19.8 Å². The van der Waals surface area contributed by atoms with Crippen molar-refractivity contribution in [2.24, 2.45) is 0 Å². The molecule has 0 bridgehead atoms. The largest absolute Gasteiger partial charge is 0.433 e. The summed E-state index contributed by atoms with van der Waals surface area (Å²) in [5.41, 5.74) is 0. The molecule has 1 saturated heterocycles. The third-order valence-electron chi connectivity index (χ3n) is 3.56. The van der Waals surface area contributed by atoms with Crippen molar-refractivity contribution in [1.29, 1.82) is 5.26 Å². The molecule has 2 rings (SSSR count). The van der Waals surface area contributed by atoms with Gasteiger partial charge in [0.1, 0.15) is 4.92 Å². The molecular weight excluding hydrogens is 276 g/mol. The van der Waals surface area contributed by atoms with Crippen LogP contribution in [0.5, 0.6) is 0 Å². The fraction of sp³-hybridized carbons (Fsp3) is 0.538. The first-order chi connectivity index (χ1) is 10.1. The van der Waals surface area contributed by atoms with Crippen molar-refractivity contribution in [1.82, 2.24) is 9.80 Å². The van der Waals surface area contributed by atoms with Crippen LogP contribution in [0.4, 0.5) is 5.88 Å². The smallest absolute Gasteiger partial charge is 0.395 e. The quantitative estimate of drug-likeness (QED) is 0.611. The highest BCUT2D eigenvalue weighted by atomic mass is 16.6. The number of hydrogen-bond acceptors (Lipinski definition) is 6. The number of nitro groups is 1. The summed E-state index contributed by atoms with van der Waals surface area (Å²) in [6.07, 6.45) is 0.745. The zero-order valence-electron chi connectivity index (χ0n) is 11.7. The Labute approximate surface area is 121 Å². The maximum atomic E-state index is 12.2. The Kier molecular flexibility index (Phi) is 4.55. The number of carbonyl (C=O) groups excluding carboxylic acids is 1. The second-order valence-corrected chi connectivity index (χ2v) is 4.78. The second-order valence-electron chi connectivity index (χ2n) is 4.78. The zero-order chi connectivity index (χ0) is 15.4. The molecule has 8 heteroatoms. The third kappa shape index (κ3) is 3.20. The van der Waals surface area contributed by atoms with Gasteiger partial charge >= 0.3 is 5.88 Å². The van der Waals surface area contributed by atoms with Crippen LogP contribution < -0.4 is 0 Å². The van der Waals surface area contributed by atoms with Gasteiger partial charge in [-0.05, 0) is 12.5 Å². The fourth-order valence-electron chi connectivity index (χ4n) is 2.36. The molecular formula is C13H16N4O4. The molecule has 1 atom stereocenters. The minimum absolute atomic E-state index is 0.0255. The Bertz CT molecular complexity index is 569. The summed E-state index contributed by atoms with van der Waals surface area (Å²) >= 11 is 0. The van der Waals surface area contributed by atoms with E-state index in [1.165, 1.54) is 12.1 Å². The number of furan rings is 1. The summed E-state index contributed by atoms with van der Waals surface area (Å²) in [5.74, 6) is -0.817. The lowest BCUT2D eigenvalue weighted by Gasteiger charge is -2.36. The first-order valence-corrected chi connectivity index (χ1v) is 6.74. The van der Waals surface area contributed by atoms with Gasteiger partial charge in [0.15, 0.2) is 5.76 Å². The lowest BCUT2D eigenvalue weighted by Crippen LogP contribution is -2.51. The predicted octanol–water partition coefficient (Wildman–Crippen LogP) is 1.25. The van der Waals surface area contributed by atoms with E-state index in [1.807, 2.05) is 11.8 Å². The summed E-state index contributed by atoms with van der Waals surface area (Å²) < 4.78 is 4.92. The van der Waals surface area contributed by atoms with E-state index in [2.05, 4.69) is 6.07 Å². The lowest BCUT2D eigenvalue weighted by atomic mass is 10.2. The number of amides is 1. The van der Waals surface area contributed by atoms with Crippen molar-refractivity contribution >= 4 is 11.8 Å². The summed E-state index contributed by atoms with van der Waals surface area (Å²) in [7, 11) is 0. The standard InChI is InChI=1S/C13H16N4O4/c1-2-10(9-14)15-5-7-16(8-6-15)13(18)11-3-4-12(21-11)17(19)20/h3-4,10H,2,5-8H2,1H3.